The molecule has 1 aliphatic carbocycles. The van der Waals surface area contributed by atoms with Gasteiger partial charge in [0.05, 0.1) is 5.60 Å². The van der Waals surface area contributed by atoms with Crippen molar-refractivity contribution in [2.75, 3.05) is 0 Å². The second-order valence-electron chi connectivity index (χ2n) is 6.36. The molecule has 0 aromatic heterocycles. The summed E-state index contributed by atoms with van der Waals surface area (Å²) in [6.07, 6.45) is 7.19. The van der Waals surface area contributed by atoms with Crippen LogP contribution in [0.5, 0.6) is 0 Å². The molecule has 106 valence electrons. The number of carbonyl (C=O) groups excluding carboxylic acids is 1. The number of hydrogen-bond acceptors (Lipinski definition) is 3. The van der Waals surface area contributed by atoms with Crippen molar-refractivity contribution < 1.29 is 9.90 Å². The maximum Gasteiger partial charge on any atom is 0.123 e. The fourth-order valence-corrected chi connectivity index (χ4v) is 3.15. The Balaban J connectivity index is 2.81. The van der Waals surface area contributed by atoms with Crippen molar-refractivity contribution in [2.45, 2.75) is 70.9 Å². The highest BCUT2D eigenvalue weighted by atomic mass is 16.3. The quantitative estimate of drug-likeness (QED) is 0.717. The van der Waals surface area contributed by atoms with Crippen molar-refractivity contribution in [3.8, 4) is 0 Å². The number of aliphatic hydroxyl groups is 1. The van der Waals surface area contributed by atoms with E-state index in [1.807, 2.05) is 20.8 Å². The molecule has 3 atom stereocenters. The van der Waals surface area contributed by atoms with Crippen LogP contribution in [0.15, 0.2) is 0 Å². The molecule has 3 unspecified atom stereocenters. The van der Waals surface area contributed by atoms with Gasteiger partial charge in [-0.05, 0) is 38.0 Å². The molecule has 0 spiro atoms. The highest BCUT2D eigenvalue weighted by molar-refractivity contribution is 5.54. The van der Waals surface area contributed by atoms with Gasteiger partial charge >= 0.3 is 0 Å². The van der Waals surface area contributed by atoms with Crippen LogP contribution in [-0.2, 0) is 4.79 Å². The predicted octanol–water partition coefficient (Wildman–Crippen LogP) is 2.51. The SMILES string of the molecule is CC(C)C(C=O)CC(O)(C(C)N)C1CCCCC1. The van der Waals surface area contributed by atoms with Gasteiger partial charge < -0.3 is 15.6 Å². The van der Waals surface area contributed by atoms with Gasteiger partial charge in [-0.2, -0.15) is 0 Å². The lowest BCUT2D eigenvalue weighted by Crippen LogP contribution is -2.54. The molecule has 0 aromatic carbocycles. The van der Waals surface area contributed by atoms with Gasteiger partial charge in [-0.1, -0.05) is 33.1 Å². The summed E-state index contributed by atoms with van der Waals surface area (Å²) in [4.78, 5) is 11.2. The van der Waals surface area contributed by atoms with Gasteiger partial charge in [-0.25, -0.2) is 0 Å². The summed E-state index contributed by atoms with van der Waals surface area (Å²) in [5.74, 6) is 0.423. The van der Waals surface area contributed by atoms with Crippen molar-refractivity contribution in [2.24, 2.45) is 23.5 Å². The molecular weight excluding hydrogens is 226 g/mol. The maximum absolute atomic E-state index is 11.2. The third-order valence-corrected chi connectivity index (χ3v) is 4.69. The van der Waals surface area contributed by atoms with Crippen LogP contribution in [0.1, 0.15) is 59.3 Å². The van der Waals surface area contributed by atoms with Crippen LogP contribution >= 0.6 is 0 Å². The number of hydrogen-bond donors (Lipinski definition) is 2. The van der Waals surface area contributed by atoms with Crippen molar-refractivity contribution >= 4 is 6.29 Å². The zero-order valence-corrected chi connectivity index (χ0v) is 12.1. The van der Waals surface area contributed by atoms with E-state index in [2.05, 4.69) is 0 Å². The predicted molar refractivity (Wildman–Crippen MR) is 74.2 cm³/mol. The molecule has 1 saturated carbocycles. The Labute approximate surface area is 111 Å². The summed E-state index contributed by atoms with van der Waals surface area (Å²) < 4.78 is 0. The van der Waals surface area contributed by atoms with E-state index < -0.39 is 5.60 Å². The summed E-state index contributed by atoms with van der Waals surface area (Å²) >= 11 is 0. The van der Waals surface area contributed by atoms with Crippen LogP contribution in [0.25, 0.3) is 0 Å². The lowest BCUT2D eigenvalue weighted by atomic mass is 9.69. The molecule has 1 aliphatic rings. The number of rotatable bonds is 6. The van der Waals surface area contributed by atoms with Crippen molar-refractivity contribution in [1.82, 2.24) is 0 Å². The molecule has 0 heterocycles. The lowest BCUT2D eigenvalue weighted by molar-refractivity contribution is -0.118. The van der Waals surface area contributed by atoms with Gasteiger partial charge in [0.15, 0.2) is 0 Å². The molecule has 0 bridgehead atoms. The minimum Gasteiger partial charge on any atom is -0.388 e. The Morgan fingerprint density at radius 3 is 2.22 bits per heavy atom. The Morgan fingerprint density at radius 1 is 1.28 bits per heavy atom. The van der Waals surface area contributed by atoms with Crippen LogP contribution in [0.3, 0.4) is 0 Å². The van der Waals surface area contributed by atoms with E-state index in [4.69, 9.17) is 5.73 Å². The zero-order valence-electron chi connectivity index (χ0n) is 12.1. The van der Waals surface area contributed by atoms with Gasteiger partial charge in [0, 0.05) is 12.0 Å². The zero-order chi connectivity index (χ0) is 13.8. The largest absolute Gasteiger partial charge is 0.388 e. The molecule has 1 rings (SSSR count). The minimum absolute atomic E-state index is 0.0945. The Hall–Kier alpha value is -0.410. The Morgan fingerprint density at radius 2 is 1.83 bits per heavy atom. The first-order valence-corrected chi connectivity index (χ1v) is 7.35. The first-order chi connectivity index (χ1) is 8.41. The van der Waals surface area contributed by atoms with Crippen molar-refractivity contribution in [1.29, 1.82) is 0 Å². The van der Waals surface area contributed by atoms with Crippen LogP contribution in [0.4, 0.5) is 0 Å². The monoisotopic (exact) mass is 255 g/mol. The molecule has 0 aromatic rings. The van der Waals surface area contributed by atoms with Crippen LogP contribution in [0, 0.1) is 17.8 Å². The molecule has 3 N–H and O–H groups in total. The molecular formula is C15H29NO2. The summed E-state index contributed by atoms with van der Waals surface area (Å²) in [5.41, 5.74) is 5.16. The second kappa shape index (κ2) is 6.67. The lowest BCUT2D eigenvalue weighted by Gasteiger charge is -2.43. The molecule has 3 heteroatoms. The van der Waals surface area contributed by atoms with E-state index in [1.165, 1.54) is 19.3 Å². The first kappa shape index (κ1) is 15.6. The van der Waals surface area contributed by atoms with Crippen LogP contribution in [0.2, 0.25) is 0 Å². The Bertz CT molecular complexity index is 259. The van der Waals surface area contributed by atoms with Gasteiger partial charge in [0.1, 0.15) is 6.29 Å². The third-order valence-electron chi connectivity index (χ3n) is 4.69. The topological polar surface area (TPSA) is 63.3 Å². The molecule has 3 nitrogen and oxygen atoms in total. The average molecular weight is 255 g/mol. The second-order valence-corrected chi connectivity index (χ2v) is 6.36. The van der Waals surface area contributed by atoms with E-state index in [1.54, 1.807) is 0 Å². The molecule has 0 saturated heterocycles. The fraction of sp³-hybridized carbons (Fsp3) is 0.933. The summed E-state index contributed by atoms with van der Waals surface area (Å²) in [6, 6.07) is -0.276. The standard InChI is InChI=1S/C15H29NO2/c1-11(2)13(10-17)9-15(18,12(3)16)14-7-5-4-6-8-14/h10-14,18H,4-9,16H2,1-3H3. The number of aldehydes is 1. The van der Waals surface area contributed by atoms with E-state index in [-0.39, 0.29) is 23.8 Å². The number of nitrogens with two attached hydrogens (primary N) is 1. The summed E-state index contributed by atoms with van der Waals surface area (Å²) in [6.45, 7) is 5.93. The fourth-order valence-electron chi connectivity index (χ4n) is 3.15. The van der Waals surface area contributed by atoms with E-state index >= 15 is 0 Å². The molecule has 0 radical (unpaired) electrons. The Kier molecular flexibility index (Phi) is 5.80. The highest BCUT2D eigenvalue weighted by Crippen LogP contribution is 2.39. The molecule has 18 heavy (non-hydrogen) atoms. The van der Waals surface area contributed by atoms with Gasteiger partial charge in [0.25, 0.3) is 0 Å². The van der Waals surface area contributed by atoms with Crippen molar-refractivity contribution in [3.63, 3.8) is 0 Å². The molecule has 0 aliphatic heterocycles. The van der Waals surface area contributed by atoms with E-state index in [0.29, 0.717) is 6.42 Å². The molecule has 1 fully saturated rings. The summed E-state index contributed by atoms with van der Waals surface area (Å²) in [5, 5.41) is 11.0. The smallest absolute Gasteiger partial charge is 0.123 e. The normalized spacial score (nSPS) is 24.6. The minimum atomic E-state index is -0.879. The van der Waals surface area contributed by atoms with Gasteiger partial charge in [0.2, 0.25) is 0 Å². The highest BCUT2D eigenvalue weighted by Gasteiger charge is 2.42. The van der Waals surface area contributed by atoms with Crippen LogP contribution < -0.4 is 5.73 Å². The van der Waals surface area contributed by atoms with Gasteiger partial charge in [-0.15, -0.1) is 0 Å². The van der Waals surface area contributed by atoms with E-state index in [0.717, 1.165) is 19.1 Å². The number of carbonyl (C=O) groups is 1. The maximum atomic E-state index is 11.2. The third kappa shape index (κ3) is 3.55. The van der Waals surface area contributed by atoms with Crippen LogP contribution in [-0.4, -0.2) is 23.0 Å². The summed E-state index contributed by atoms with van der Waals surface area (Å²) in [7, 11) is 0. The van der Waals surface area contributed by atoms with Crippen molar-refractivity contribution in [3.05, 3.63) is 0 Å². The van der Waals surface area contributed by atoms with Gasteiger partial charge in [-0.3, -0.25) is 0 Å². The van der Waals surface area contributed by atoms with E-state index in [9.17, 15) is 9.90 Å². The molecule has 0 amide bonds. The first-order valence-electron chi connectivity index (χ1n) is 7.35. The average Bonchev–Trinajstić information content (AvgIpc) is 2.36.